The van der Waals surface area contributed by atoms with Gasteiger partial charge in [-0.15, -0.1) is 0 Å². The number of halogens is 3. The molecule has 0 fully saturated rings. The van der Waals surface area contributed by atoms with Gasteiger partial charge in [-0.05, 0) is 108 Å². The van der Waals surface area contributed by atoms with E-state index in [1.54, 1.807) is 36.4 Å². The highest BCUT2D eigenvalue weighted by Gasteiger charge is 2.35. The first-order valence-corrected chi connectivity index (χ1v) is 26.0. The van der Waals surface area contributed by atoms with Gasteiger partial charge in [-0.2, -0.15) is 29.0 Å². The molecule has 10 aromatic carbocycles. The largest absolute Gasteiger partial charge is 0.417 e. The Bertz CT molecular complexity index is 5080. The summed E-state index contributed by atoms with van der Waals surface area (Å²) in [6, 6.07) is 66.2. The zero-order valence-corrected chi connectivity index (χ0v) is 43.7. The summed E-state index contributed by atoms with van der Waals surface area (Å²) in [4.78, 5) is 25.8. The number of alkyl halides is 3. The van der Waals surface area contributed by atoms with Crippen molar-refractivity contribution in [2.45, 2.75) is 6.18 Å². The number of para-hydroxylation sites is 2. The molecule has 0 amide bonds. The summed E-state index contributed by atoms with van der Waals surface area (Å²) in [7, 11) is 0. The number of hydrogen-bond acceptors (Lipinski definition) is 6. The van der Waals surface area contributed by atoms with Gasteiger partial charge in [-0.1, -0.05) is 115 Å². The first-order chi connectivity index (χ1) is 41.0. The average Bonchev–Trinajstić information content (AvgIpc) is 2.14. The molecule has 0 spiro atoms. The van der Waals surface area contributed by atoms with Crippen molar-refractivity contribution in [3.8, 4) is 97.1 Å². The Hall–Kier alpha value is -12.5. The van der Waals surface area contributed by atoms with E-state index in [1.165, 1.54) is 30.3 Å². The topological polar surface area (TPSA) is 133 Å². The van der Waals surface area contributed by atoms with E-state index in [0.29, 0.717) is 94.8 Å². The van der Waals surface area contributed by atoms with Crippen LogP contribution in [-0.4, -0.2) is 24.1 Å². The van der Waals surface area contributed by atoms with Crippen molar-refractivity contribution in [3.63, 3.8) is 0 Å². The second-order valence-corrected chi connectivity index (χ2v) is 19.6. The molecule has 13 aromatic rings. The molecule has 0 saturated carbocycles. The fourth-order valence-electron chi connectivity index (χ4n) is 11.3. The Morgan fingerprint density at radius 2 is 0.905 bits per heavy atom. The molecule has 0 saturated heterocycles. The normalized spacial score (nSPS) is 11.2. The van der Waals surface area contributed by atoms with Gasteiger partial charge in [-0.25, -0.2) is 29.5 Å². The molecular formula is C70H34F3N11. The molecule has 390 valence electrons. The van der Waals surface area contributed by atoms with Gasteiger partial charge in [0.15, 0.2) is 34.5 Å². The first-order valence-electron chi connectivity index (χ1n) is 26.0. The van der Waals surface area contributed by atoms with Gasteiger partial charge in [-0.3, -0.25) is 0 Å². The summed E-state index contributed by atoms with van der Waals surface area (Å²) in [6.45, 7) is 23.6. The van der Waals surface area contributed by atoms with E-state index in [9.17, 15) is 15.8 Å². The van der Waals surface area contributed by atoms with E-state index < -0.39 is 11.7 Å². The summed E-state index contributed by atoms with van der Waals surface area (Å²) in [5.41, 5.74) is 6.89. The molecule has 0 unspecified atom stereocenters. The first kappa shape index (κ1) is 51.0. The predicted molar refractivity (Wildman–Crippen MR) is 319 cm³/mol. The molecule has 11 nitrogen and oxygen atoms in total. The lowest BCUT2D eigenvalue weighted by Gasteiger charge is -2.21. The minimum Gasteiger partial charge on any atom is -0.309 e. The van der Waals surface area contributed by atoms with Crippen LogP contribution in [0, 0.1) is 53.7 Å². The number of rotatable bonds is 8. The Kier molecular flexibility index (Phi) is 12.3. The summed E-state index contributed by atoms with van der Waals surface area (Å²) < 4.78 is 52.4. The van der Waals surface area contributed by atoms with E-state index in [4.69, 9.17) is 34.7 Å². The van der Waals surface area contributed by atoms with E-state index in [0.717, 1.165) is 16.8 Å². The fourth-order valence-corrected chi connectivity index (χ4v) is 11.3. The highest BCUT2D eigenvalue weighted by molar-refractivity contribution is 6.13. The van der Waals surface area contributed by atoms with Gasteiger partial charge in [0.2, 0.25) is 0 Å². The van der Waals surface area contributed by atoms with Crippen molar-refractivity contribution in [1.29, 1.82) is 15.8 Å². The lowest BCUT2D eigenvalue weighted by atomic mass is 9.94. The second-order valence-electron chi connectivity index (χ2n) is 19.6. The van der Waals surface area contributed by atoms with Crippen LogP contribution in [0.5, 0.6) is 0 Å². The molecule has 0 N–H and O–H groups in total. The third-order valence-electron chi connectivity index (χ3n) is 14.9. The summed E-state index contributed by atoms with van der Waals surface area (Å²) in [5, 5.41) is 33.2. The zero-order chi connectivity index (χ0) is 57.8. The van der Waals surface area contributed by atoms with Gasteiger partial charge >= 0.3 is 6.18 Å². The maximum Gasteiger partial charge on any atom is 0.417 e. The molecule has 0 atom stereocenters. The summed E-state index contributed by atoms with van der Waals surface area (Å²) in [5.74, 6) is 0.920. The Labute approximate surface area is 477 Å². The van der Waals surface area contributed by atoms with Crippen molar-refractivity contribution < 1.29 is 13.2 Å². The molecule has 84 heavy (non-hydrogen) atoms. The van der Waals surface area contributed by atoms with Crippen molar-refractivity contribution >= 4 is 60.7 Å². The van der Waals surface area contributed by atoms with Crippen LogP contribution in [0.15, 0.2) is 206 Å². The standard InChI is InChI=1S/C70H34F3N11/c1-77-49-32-48(40-76)66(59(36-49)79-3)45-22-27-62-54(33-45)51-18-10-12-20-60(51)83(62)50-25-26-57(70(71,72)73)53(37-50)56-35-46(69-81-67(42-14-6-4-7-15-42)80-68(82-69)43-16-8-5-9-17-43)24-29-64(56)84-61-21-13-11-19-52(61)55-34-44(23-28-63(55)84)65-47(39-75)30-41(38-74)31-58(65)78-2/h4-37H. The van der Waals surface area contributed by atoms with Gasteiger partial charge in [0.1, 0.15) is 0 Å². The molecule has 0 aliphatic rings. The van der Waals surface area contributed by atoms with E-state index in [2.05, 4.69) is 26.7 Å². The Morgan fingerprint density at radius 3 is 1.45 bits per heavy atom. The van der Waals surface area contributed by atoms with Crippen LogP contribution < -0.4 is 0 Å². The number of nitrogens with zero attached hydrogens (tertiary/aromatic N) is 11. The number of aromatic nitrogens is 5. The van der Waals surface area contributed by atoms with Gasteiger partial charge in [0, 0.05) is 71.7 Å². The third kappa shape index (κ3) is 8.54. The lowest BCUT2D eigenvalue weighted by molar-refractivity contribution is -0.137. The quantitative estimate of drug-likeness (QED) is 0.139. The van der Waals surface area contributed by atoms with Crippen molar-refractivity contribution in [2.75, 3.05) is 0 Å². The van der Waals surface area contributed by atoms with Gasteiger partial charge in [0.25, 0.3) is 0 Å². The molecule has 0 aliphatic heterocycles. The smallest absolute Gasteiger partial charge is 0.309 e. The monoisotopic (exact) mass is 1090 g/mol. The Morgan fingerprint density at radius 1 is 0.405 bits per heavy atom. The van der Waals surface area contributed by atoms with E-state index >= 15 is 13.2 Å². The molecular weight excluding hydrogens is 1050 g/mol. The number of benzene rings is 10. The van der Waals surface area contributed by atoms with E-state index in [-0.39, 0.29) is 50.7 Å². The van der Waals surface area contributed by atoms with Crippen LogP contribution in [0.1, 0.15) is 22.3 Å². The average molecular weight is 1090 g/mol. The van der Waals surface area contributed by atoms with E-state index in [1.807, 2.05) is 149 Å². The van der Waals surface area contributed by atoms with Gasteiger partial charge < -0.3 is 9.13 Å². The maximum atomic E-state index is 16.2. The number of fused-ring (bicyclic) bond motifs is 6. The highest BCUT2D eigenvalue weighted by Crippen LogP contribution is 2.47. The fraction of sp³-hybridized carbons (Fsp3) is 0.0143. The molecule has 0 bridgehead atoms. The maximum absolute atomic E-state index is 16.2. The van der Waals surface area contributed by atoms with Gasteiger partial charge in [0.05, 0.1) is 76.8 Å². The van der Waals surface area contributed by atoms with Crippen LogP contribution in [0.2, 0.25) is 0 Å². The van der Waals surface area contributed by atoms with Crippen molar-refractivity contribution in [2.24, 2.45) is 0 Å². The highest BCUT2D eigenvalue weighted by atomic mass is 19.4. The van der Waals surface area contributed by atoms with Crippen LogP contribution in [0.25, 0.3) is 137 Å². The van der Waals surface area contributed by atoms with Crippen molar-refractivity contribution in [3.05, 3.63) is 263 Å². The minimum atomic E-state index is -4.89. The number of nitriles is 3. The molecule has 3 heterocycles. The van der Waals surface area contributed by atoms with Crippen LogP contribution in [0.4, 0.5) is 30.2 Å². The molecule has 14 heteroatoms. The number of hydrogen-bond donors (Lipinski definition) is 0. The van der Waals surface area contributed by atoms with Crippen molar-refractivity contribution in [1.82, 2.24) is 24.1 Å². The second kappa shape index (κ2) is 20.3. The lowest BCUT2D eigenvalue weighted by Crippen LogP contribution is -2.10. The molecule has 3 aromatic heterocycles. The Balaban J connectivity index is 1.09. The zero-order valence-electron chi connectivity index (χ0n) is 43.7. The van der Waals surface area contributed by atoms with Crippen LogP contribution in [0.3, 0.4) is 0 Å². The van der Waals surface area contributed by atoms with Crippen LogP contribution >= 0.6 is 0 Å². The molecule has 0 aliphatic carbocycles. The summed E-state index contributed by atoms with van der Waals surface area (Å²) in [6.07, 6.45) is -4.89. The minimum absolute atomic E-state index is 0.119. The van der Waals surface area contributed by atoms with Crippen LogP contribution in [-0.2, 0) is 6.18 Å². The molecule has 13 rings (SSSR count). The third-order valence-corrected chi connectivity index (χ3v) is 14.9. The summed E-state index contributed by atoms with van der Waals surface area (Å²) >= 11 is 0. The SMILES string of the molecule is [C-]#[N+]c1cc(C#N)c(-c2ccc3c(c2)c2ccccc2n3-c2ccc(C(F)(F)F)c(-c3cc(-c4nc(-c5ccccc5)nc(-c5ccccc5)n4)ccc3-n3c4ccccc4c4cc(-c5c(C#N)cc(C#N)cc5[N+]#[C-])ccc43)c2)c([N+]#[C-])c1. The predicted octanol–water partition coefficient (Wildman–Crippen LogP) is 18.4. The molecule has 0 radical (unpaired) electrons.